The van der Waals surface area contributed by atoms with Crippen molar-refractivity contribution in [2.75, 3.05) is 13.1 Å². The van der Waals surface area contributed by atoms with Crippen molar-refractivity contribution in [1.29, 1.82) is 0 Å². The molecule has 1 aromatic rings. The van der Waals surface area contributed by atoms with Crippen molar-refractivity contribution in [3.63, 3.8) is 0 Å². The monoisotopic (exact) mass is 320 g/mol. The topological polar surface area (TPSA) is 93.6 Å². The van der Waals surface area contributed by atoms with E-state index in [1.54, 1.807) is 4.90 Å². The molecule has 8 heteroatoms. The minimum atomic E-state index is -4.01. The summed E-state index contributed by atoms with van der Waals surface area (Å²) in [4.78, 5) is 14.1. The lowest BCUT2D eigenvalue weighted by Gasteiger charge is -2.32. The largest absolute Gasteiger partial charge is 0.431 e. The van der Waals surface area contributed by atoms with Crippen LogP contribution in [-0.4, -0.2) is 32.3 Å². The molecule has 1 aliphatic rings. The summed E-state index contributed by atoms with van der Waals surface area (Å²) < 4.78 is 27.2. The Labute approximate surface area is 122 Å². The van der Waals surface area contributed by atoms with Gasteiger partial charge < -0.3 is 9.32 Å². The fourth-order valence-electron chi connectivity index (χ4n) is 2.39. The molecule has 0 aliphatic carbocycles. The number of nitrogens with two attached hydrogens (primary N) is 1. The number of sulfonamides is 1. The van der Waals surface area contributed by atoms with Gasteiger partial charge in [0.25, 0.3) is 15.9 Å². The van der Waals surface area contributed by atoms with Gasteiger partial charge in [-0.3, -0.25) is 4.79 Å². The molecule has 1 aliphatic heterocycles. The number of furan rings is 1. The Kier molecular flexibility index (Phi) is 4.41. The molecule has 1 aromatic heterocycles. The summed E-state index contributed by atoms with van der Waals surface area (Å²) in [6, 6.07) is 1.09. The van der Waals surface area contributed by atoms with Gasteiger partial charge in [0.05, 0.1) is 5.56 Å². The number of rotatable bonds is 3. The molecule has 1 amide bonds. The molecule has 1 atom stereocenters. The maximum atomic E-state index is 12.4. The van der Waals surface area contributed by atoms with Crippen molar-refractivity contribution >= 4 is 27.5 Å². The summed E-state index contributed by atoms with van der Waals surface area (Å²) in [5.41, 5.74) is 0.0486. The van der Waals surface area contributed by atoms with Crippen molar-refractivity contribution in [3.8, 4) is 0 Å². The van der Waals surface area contributed by atoms with Gasteiger partial charge in [-0.15, -0.1) is 0 Å². The van der Waals surface area contributed by atoms with Gasteiger partial charge in [0.2, 0.25) is 10.3 Å². The van der Waals surface area contributed by atoms with Gasteiger partial charge in [-0.25, -0.2) is 13.6 Å². The van der Waals surface area contributed by atoms with Gasteiger partial charge in [0.15, 0.2) is 0 Å². The molecule has 0 spiro atoms. The van der Waals surface area contributed by atoms with E-state index >= 15 is 0 Å². The third-order valence-corrected chi connectivity index (χ3v) is 4.60. The molecule has 0 bridgehead atoms. The number of primary sulfonamides is 1. The molecular weight excluding hydrogens is 304 g/mol. The quantitative estimate of drug-likeness (QED) is 0.919. The molecule has 6 nitrogen and oxygen atoms in total. The van der Waals surface area contributed by atoms with E-state index in [1.165, 1.54) is 0 Å². The second-order valence-electron chi connectivity index (χ2n) is 4.97. The van der Waals surface area contributed by atoms with Gasteiger partial charge in [-0.2, -0.15) is 0 Å². The van der Waals surface area contributed by atoms with Crippen molar-refractivity contribution in [1.82, 2.24) is 4.90 Å². The zero-order chi connectivity index (χ0) is 14.9. The summed E-state index contributed by atoms with van der Waals surface area (Å²) in [7, 11) is -4.01. The van der Waals surface area contributed by atoms with Crippen LogP contribution in [0.2, 0.25) is 5.22 Å². The summed E-state index contributed by atoms with van der Waals surface area (Å²) in [5, 5.41) is 4.23. The number of carbonyl (C=O) groups excluding carboxylic acids is 1. The molecule has 2 rings (SSSR count). The lowest BCUT2D eigenvalue weighted by molar-refractivity contribution is 0.0670. The first-order valence-electron chi connectivity index (χ1n) is 6.44. The van der Waals surface area contributed by atoms with E-state index in [2.05, 4.69) is 6.92 Å². The number of nitrogens with zero attached hydrogens (tertiary/aromatic N) is 1. The van der Waals surface area contributed by atoms with Gasteiger partial charge >= 0.3 is 0 Å². The molecule has 2 N–H and O–H groups in total. The van der Waals surface area contributed by atoms with Crippen molar-refractivity contribution in [3.05, 3.63) is 16.8 Å². The number of hydrogen-bond donors (Lipinski definition) is 1. The van der Waals surface area contributed by atoms with Gasteiger partial charge in [0.1, 0.15) is 0 Å². The second kappa shape index (κ2) is 5.75. The highest BCUT2D eigenvalue weighted by molar-refractivity contribution is 7.89. The smallest absolute Gasteiger partial charge is 0.271 e. The van der Waals surface area contributed by atoms with Crippen LogP contribution in [0.3, 0.4) is 0 Å². The van der Waals surface area contributed by atoms with Gasteiger partial charge in [0, 0.05) is 19.2 Å². The number of carbonyl (C=O) groups is 1. The number of amides is 1. The zero-order valence-corrected chi connectivity index (χ0v) is 12.7. The minimum Gasteiger partial charge on any atom is -0.431 e. The van der Waals surface area contributed by atoms with Crippen LogP contribution in [0.25, 0.3) is 0 Å². The Morgan fingerprint density at radius 3 is 2.85 bits per heavy atom. The van der Waals surface area contributed by atoms with Crippen LogP contribution < -0.4 is 5.14 Å². The van der Waals surface area contributed by atoms with Crippen LogP contribution in [0.5, 0.6) is 0 Å². The molecule has 0 aromatic carbocycles. The Bertz CT molecular complexity index is 611. The minimum absolute atomic E-state index is 0.0486. The van der Waals surface area contributed by atoms with E-state index < -0.39 is 15.1 Å². The third-order valence-electron chi connectivity index (χ3n) is 3.56. The van der Waals surface area contributed by atoms with E-state index in [4.69, 9.17) is 21.2 Å². The SMILES string of the molecule is CCC1CCCN(C(=O)c2cc(S(N)(=O)=O)oc2Cl)C1. The number of halogens is 1. The first-order chi connectivity index (χ1) is 9.32. The van der Waals surface area contributed by atoms with Crippen LogP contribution in [0, 0.1) is 5.92 Å². The van der Waals surface area contributed by atoms with Crippen molar-refractivity contribution in [2.45, 2.75) is 31.3 Å². The standard InChI is InChI=1S/C12H17ClN2O4S/c1-2-8-4-3-5-15(7-8)12(16)9-6-10(19-11(9)13)20(14,17)18/h6,8H,2-5,7H2,1H3,(H2,14,17,18). The summed E-state index contributed by atoms with van der Waals surface area (Å²) in [6.07, 6.45) is 3.04. The fourth-order valence-corrected chi connectivity index (χ4v) is 3.13. The predicted molar refractivity (Wildman–Crippen MR) is 74.0 cm³/mol. The van der Waals surface area contributed by atoms with Crippen LogP contribution in [0.1, 0.15) is 36.5 Å². The first-order valence-corrected chi connectivity index (χ1v) is 8.36. The van der Waals surface area contributed by atoms with Crippen LogP contribution in [-0.2, 0) is 10.0 Å². The maximum absolute atomic E-state index is 12.4. The van der Waals surface area contributed by atoms with Gasteiger partial charge in [-0.1, -0.05) is 13.3 Å². The van der Waals surface area contributed by atoms with Gasteiger partial charge in [-0.05, 0) is 30.4 Å². The van der Waals surface area contributed by atoms with E-state index in [9.17, 15) is 13.2 Å². The highest BCUT2D eigenvalue weighted by Gasteiger charge is 2.28. The van der Waals surface area contributed by atoms with E-state index in [-0.39, 0.29) is 16.7 Å². The molecular formula is C12H17ClN2O4S. The fraction of sp³-hybridized carbons (Fsp3) is 0.583. The third kappa shape index (κ3) is 3.16. The molecule has 1 fully saturated rings. The van der Waals surface area contributed by atoms with E-state index in [0.29, 0.717) is 19.0 Å². The summed E-state index contributed by atoms with van der Waals surface area (Å²) in [6.45, 7) is 3.38. The maximum Gasteiger partial charge on any atom is 0.271 e. The van der Waals surface area contributed by atoms with Crippen LogP contribution in [0.15, 0.2) is 15.6 Å². The van der Waals surface area contributed by atoms with E-state index in [1.807, 2.05) is 0 Å². The first kappa shape index (κ1) is 15.3. The van der Waals surface area contributed by atoms with Crippen molar-refractivity contribution < 1.29 is 17.6 Å². The normalized spacial score (nSPS) is 20.1. The number of likely N-dealkylation sites (tertiary alicyclic amines) is 1. The lowest BCUT2D eigenvalue weighted by Crippen LogP contribution is -2.39. The summed E-state index contributed by atoms with van der Waals surface area (Å²) >= 11 is 5.80. The molecule has 0 saturated carbocycles. The Balaban J connectivity index is 2.23. The molecule has 1 unspecified atom stereocenters. The second-order valence-corrected chi connectivity index (χ2v) is 6.80. The highest BCUT2D eigenvalue weighted by Crippen LogP contribution is 2.27. The number of piperidine rings is 1. The molecule has 112 valence electrons. The summed E-state index contributed by atoms with van der Waals surface area (Å²) in [5.74, 6) is 0.155. The molecule has 2 heterocycles. The van der Waals surface area contributed by atoms with Crippen molar-refractivity contribution in [2.24, 2.45) is 11.1 Å². The lowest BCUT2D eigenvalue weighted by atomic mass is 9.95. The zero-order valence-electron chi connectivity index (χ0n) is 11.1. The molecule has 1 saturated heterocycles. The van der Waals surface area contributed by atoms with E-state index in [0.717, 1.165) is 25.3 Å². The average Bonchev–Trinajstić information content (AvgIpc) is 2.80. The number of hydrogen-bond acceptors (Lipinski definition) is 4. The Hall–Kier alpha value is -1.05. The Morgan fingerprint density at radius 2 is 2.30 bits per heavy atom. The Morgan fingerprint density at radius 1 is 1.60 bits per heavy atom. The molecule has 0 radical (unpaired) electrons. The average molecular weight is 321 g/mol. The predicted octanol–water partition coefficient (Wildman–Crippen LogP) is 1.84. The van der Waals surface area contributed by atoms with Crippen LogP contribution >= 0.6 is 11.6 Å². The molecule has 20 heavy (non-hydrogen) atoms. The highest BCUT2D eigenvalue weighted by atomic mass is 35.5. The van der Waals surface area contributed by atoms with Crippen LogP contribution in [0.4, 0.5) is 0 Å².